The van der Waals surface area contributed by atoms with E-state index in [0.29, 0.717) is 11.9 Å². The molecule has 16 heavy (non-hydrogen) atoms. The Hall–Kier alpha value is -1.23. The zero-order valence-corrected chi connectivity index (χ0v) is 9.99. The van der Waals surface area contributed by atoms with Gasteiger partial charge in [-0.3, -0.25) is 0 Å². The highest BCUT2D eigenvalue weighted by molar-refractivity contribution is 5.59. The van der Waals surface area contributed by atoms with Crippen molar-refractivity contribution in [1.29, 1.82) is 0 Å². The van der Waals surface area contributed by atoms with Crippen LogP contribution < -0.4 is 10.6 Å². The summed E-state index contributed by atoms with van der Waals surface area (Å²) in [5.41, 5.74) is 5.89. The second-order valence-corrected chi connectivity index (χ2v) is 4.23. The van der Waals surface area contributed by atoms with E-state index in [0.717, 1.165) is 44.2 Å². The van der Waals surface area contributed by atoms with Gasteiger partial charge in [0.15, 0.2) is 5.82 Å². The maximum Gasteiger partial charge on any atom is 0.171 e. The molecule has 0 radical (unpaired) electrons. The third-order valence-electron chi connectivity index (χ3n) is 2.91. The molecule has 1 unspecified atom stereocenters. The van der Waals surface area contributed by atoms with Gasteiger partial charge in [0, 0.05) is 19.7 Å². The number of imidazole rings is 1. The van der Waals surface area contributed by atoms with Crippen LogP contribution >= 0.6 is 0 Å². The Morgan fingerprint density at radius 2 is 2.44 bits per heavy atom. The van der Waals surface area contributed by atoms with E-state index in [4.69, 9.17) is 10.5 Å². The summed E-state index contributed by atoms with van der Waals surface area (Å²) < 4.78 is 5.66. The topological polar surface area (TPSA) is 67.2 Å². The van der Waals surface area contributed by atoms with Gasteiger partial charge in [0.25, 0.3) is 0 Å². The number of piperidine rings is 1. The summed E-state index contributed by atoms with van der Waals surface area (Å²) in [6, 6.07) is 0. The molecular weight excluding hydrogens is 204 g/mol. The van der Waals surface area contributed by atoms with Crippen LogP contribution in [0.15, 0.2) is 0 Å². The zero-order valence-electron chi connectivity index (χ0n) is 9.99. The lowest BCUT2D eigenvalue weighted by molar-refractivity contribution is 0.0525. The molecule has 1 aromatic rings. The van der Waals surface area contributed by atoms with Crippen LogP contribution in [0.2, 0.25) is 0 Å². The first-order valence-corrected chi connectivity index (χ1v) is 5.89. The SMILES string of the molecule is CCOC1CCCN(c2nc(C)[nH]c2N)C1. The number of aromatic amines is 1. The van der Waals surface area contributed by atoms with Crippen LogP contribution in [0.3, 0.4) is 0 Å². The van der Waals surface area contributed by atoms with Crippen molar-refractivity contribution in [3.63, 3.8) is 0 Å². The normalized spacial score (nSPS) is 21.4. The molecule has 0 bridgehead atoms. The first-order valence-electron chi connectivity index (χ1n) is 5.89. The molecule has 1 atom stereocenters. The molecule has 2 rings (SSSR count). The molecule has 1 aliphatic rings. The Morgan fingerprint density at radius 1 is 1.62 bits per heavy atom. The maximum atomic E-state index is 5.89. The highest BCUT2D eigenvalue weighted by Crippen LogP contribution is 2.24. The summed E-state index contributed by atoms with van der Waals surface area (Å²) >= 11 is 0. The third-order valence-corrected chi connectivity index (χ3v) is 2.91. The molecule has 0 aliphatic carbocycles. The summed E-state index contributed by atoms with van der Waals surface area (Å²) in [5, 5.41) is 0. The number of hydrogen-bond acceptors (Lipinski definition) is 4. The van der Waals surface area contributed by atoms with Crippen LogP contribution in [0, 0.1) is 6.92 Å². The number of aryl methyl sites for hydroxylation is 1. The van der Waals surface area contributed by atoms with Crippen LogP contribution in [0.1, 0.15) is 25.6 Å². The Morgan fingerprint density at radius 3 is 3.06 bits per heavy atom. The summed E-state index contributed by atoms with van der Waals surface area (Å²) in [5.74, 6) is 2.41. The molecule has 1 aromatic heterocycles. The van der Waals surface area contributed by atoms with Gasteiger partial charge in [0.05, 0.1) is 6.10 Å². The van der Waals surface area contributed by atoms with Gasteiger partial charge in [-0.1, -0.05) is 0 Å². The third kappa shape index (κ3) is 2.29. The summed E-state index contributed by atoms with van der Waals surface area (Å²) in [6.45, 7) is 6.63. The number of nitrogen functional groups attached to an aromatic ring is 1. The molecular formula is C11H20N4O. The van der Waals surface area contributed by atoms with E-state index in [9.17, 15) is 0 Å². The van der Waals surface area contributed by atoms with E-state index in [1.165, 1.54) is 0 Å². The number of rotatable bonds is 3. The van der Waals surface area contributed by atoms with E-state index >= 15 is 0 Å². The van der Waals surface area contributed by atoms with Gasteiger partial charge in [-0.25, -0.2) is 4.98 Å². The first kappa shape index (κ1) is 11.3. The molecule has 0 saturated carbocycles. The predicted molar refractivity (Wildman–Crippen MR) is 64.6 cm³/mol. The second kappa shape index (κ2) is 4.74. The standard InChI is InChI=1S/C11H20N4O/c1-3-16-9-5-4-6-15(7-9)11-10(12)13-8(2)14-11/h9H,3-7,12H2,1-2H3,(H,13,14). The molecule has 90 valence electrons. The quantitative estimate of drug-likeness (QED) is 0.812. The Kier molecular flexibility index (Phi) is 3.33. The molecule has 2 heterocycles. The lowest BCUT2D eigenvalue weighted by Crippen LogP contribution is -2.40. The van der Waals surface area contributed by atoms with Gasteiger partial charge in [-0.2, -0.15) is 0 Å². The molecule has 1 fully saturated rings. The number of aromatic nitrogens is 2. The molecule has 0 aromatic carbocycles. The summed E-state index contributed by atoms with van der Waals surface area (Å²) in [4.78, 5) is 9.67. The summed E-state index contributed by atoms with van der Waals surface area (Å²) in [7, 11) is 0. The minimum Gasteiger partial charge on any atom is -0.382 e. The fourth-order valence-corrected chi connectivity index (χ4v) is 2.24. The number of nitrogens with two attached hydrogens (primary N) is 1. The molecule has 5 nitrogen and oxygen atoms in total. The Bertz CT molecular complexity index is 348. The molecule has 5 heteroatoms. The predicted octanol–water partition coefficient (Wildman–Crippen LogP) is 1.31. The van der Waals surface area contributed by atoms with Gasteiger partial charge in [0.2, 0.25) is 0 Å². The highest BCUT2D eigenvalue weighted by Gasteiger charge is 2.23. The van der Waals surface area contributed by atoms with Gasteiger partial charge in [-0.05, 0) is 26.7 Å². The lowest BCUT2D eigenvalue weighted by atomic mass is 10.1. The van der Waals surface area contributed by atoms with Gasteiger partial charge < -0.3 is 20.4 Å². The summed E-state index contributed by atoms with van der Waals surface area (Å²) in [6.07, 6.45) is 2.58. The van der Waals surface area contributed by atoms with Crippen LogP contribution in [0.4, 0.5) is 11.6 Å². The van der Waals surface area contributed by atoms with Crippen molar-refractivity contribution in [2.45, 2.75) is 32.8 Å². The van der Waals surface area contributed by atoms with Crippen LogP contribution in [0.25, 0.3) is 0 Å². The van der Waals surface area contributed by atoms with Crippen molar-refractivity contribution < 1.29 is 4.74 Å². The van der Waals surface area contributed by atoms with Crippen molar-refractivity contribution >= 4 is 11.6 Å². The average molecular weight is 224 g/mol. The fourth-order valence-electron chi connectivity index (χ4n) is 2.24. The molecule has 0 spiro atoms. The Balaban J connectivity index is 2.06. The van der Waals surface area contributed by atoms with E-state index in [1.54, 1.807) is 0 Å². The smallest absolute Gasteiger partial charge is 0.171 e. The van der Waals surface area contributed by atoms with Gasteiger partial charge in [0.1, 0.15) is 11.6 Å². The highest BCUT2D eigenvalue weighted by atomic mass is 16.5. The Labute approximate surface area is 96.0 Å². The number of nitrogens with zero attached hydrogens (tertiary/aromatic N) is 2. The first-order chi connectivity index (χ1) is 7.70. The van der Waals surface area contributed by atoms with Crippen LogP contribution in [-0.2, 0) is 4.74 Å². The van der Waals surface area contributed by atoms with Crippen molar-refractivity contribution in [3.05, 3.63) is 5.82 Å². The fraction of sp³-hybridized carbons (Fsp3) is 0.727. The maximum absolute atomic E-state index is 5.89. The van der Waals surface area contributed by atoms with E-state index in [1.807, 2.05) is 13.8 Å². The molecule has 0 amide bonds. The molecule has 1 saturated heterocycles. The molecule has 3 N–H and O–H groups in total. The van der Waals surface area contributed by atoms with Crippen LogP contribution in [0.5, 0.6) is 0 Å². The second-order valence-electron chi connectivity index (χ2n) is 4.23. The van der Waals surface area contributed by atoms with E-state index < -0.39 is 0 Å². The van der Waals surface area contributed by atoms with Gasteiger partial charge in [-0.15, -0.1) is 0 Å². The van der Waals surface area contributed by atoms with Crippen molar-refractivity contribution in [3.8, 4) is 0 Å². The monoisotopic (exact) mass is 224 g/mol. The van der Waals surface area contributed by atoms with Crippen molar-refractivity contribution in [2.24, 2.45) is 0 Å². The minimum atomic E-state index is 0.315. The van der Waals surface area contributed by atoms with Crippen molar-refractivity contribution in [1.82, 2.24) is 9.97 Å². The lowest BCUT2D eigenvalue weighted by Gasteiger charge is -2.32. The number of H-pyrrole nitrogens is 1. The average Bonchev–Trinajstić information content (AvgIpc) is 2.59. The van der Waals surface area contributed by atoms with Crippen molar-refractivity contribution in [2.75, 3.05) is 30.3 Å². The number of nitrogens with one attached hydrogen (secondary N) is 1. The van der Waals surface area contributed by atoms with Gasteiger partial charge >= 0.3 is 0 Å². The van der Waals surface area contributed by atoms with E-state index in [2.05, 4.69) is 14.9 Å². The van der Waals surface area contributed by atoms with Crippen LogP contribution in [-0.4, -0.2) is 35.8 Å². The molecule has 1 aliphatic heterocycles. The number of ether oxygens (including phenoxy) is 1. The van der Waals surface area contributed by atoms with E-state index in [-0.39, 0.29) is 0 Å². The zero-order chi connectivity index (χ0) is 11.5. The number of hydrogen-bond donors (Lipinski definition) is 2. The largest absolute Gasteiger partial charge is 0.382 e. The number of anilines is 2. The minimum absolute atomic E-state index is 0.315.